The smallest absolute Gasteiger partial charge is 0.253 e. The van der Waals surface area contributed by atoms with Crippen LogP contribution in [0.15, 0.2) is 66.9 Å². The van der Waals surface area contributed by atoms with Crippen LogP contribution in [0, 0.1) is 4.64 Å². The molecule has 0 aliphatic heterocycles. The average molecular weight is 364 g/mol. The fourth-order valence-electron chi connectivity index (χ4n) is 2.50. The number of amides is 2. The van der Waals surface area contributed by atoms with Gasteiger partial charge in [0.15, 0.2) is 0 Å². The lowest BCUT2D eigenvalue weighted by molar-refractivity contribution is -0.115. The van der Waals surface area contributed by atoms with Crippen LogP contribution in [-0.4, -0.2) is 21.4 Å². The number of nitrogens with one attached hydrogen (secondary N) is 1. The molecule has 1 aromatic heterocycles. The van der Waals surface area contributed by atoms with E-state index in [1.54, 1.807) is 16.7 Å². The molecule has 0 radical (unpaired) electrons. The van der Waals surface area contributed by atoms with Crippen LogP contribution >= 0.6 is 12.2 Å². The number of anilines is 1. The Kier molecular flexibility index (Phi) is 5.19. The molecule has 3 rings (SSSR count). The number of hydrogen-bond donors (Lipinski definition) is 2. The number of hydrogen-bond acceptors (Lipinski definition) is 4. The van der Waals surface area contributed by atoms with E-state index in [9.17, 15) is 9.59 Å². The monoisotopic (exact) mass is 364 g/mol. The van der Waals surface area contributed by atoms with E-state index < -0.39 is 5.91 Å². The number of para-hydroxylation sites is 2. The molecule has 7 heteroatoms. The van der Waals surface area contributed by atoms with Crippen LogP contribution in [0.1, 0.15) is 16.2 Å². The number of nitrogens with zero attached hydrogens (tertiary/aromatic N) is 2. The lowest BCUT2D eigenvalue weighted by Gasteiger charge is -2.14. The maximum absolute atomic E-state index is 12.4. The molecule has 0 aliphatic carbocycles. The summed E-state index contributed by atoms with van der Waals surface area (Å²) >= 11 is 5.41. The van der Waals surface area contributed by atoms with Crippen molar-refractivity contribution in [1.29, 1.82) is 0 Å². The molecule has 0 saturated carbocycles. The van der Waals surface area contributed by atoms with E-state index in [1.165, 1.54) is 6.20 Å². The van der Waals surface area contributed by atoms with Gasteiger partial charge in [-0.3, -0.25) is 14.2 Å². The van der Waals surface area contributed by atoms with Crippen molar-refractivity contribution >= 4 is 29.7 Å². The lowest BCUT2D eigenvalue weighted by atomic mass is 10.2. The van der Waals surface area contributed by atoms with Crippen LogP contribution in [0.5, 0.6) is 0 Å². The molecule has 0 aliphatic rings. The van der Waals surface area contributed by atoms with E-state index in [0.29, 0.717) is 17.2 Å². The first-order chi connectivity index (χ1) is 12.6. The second-order valence-electron chi connectivity index (χ2n) is 5.52. The Hall–Kier alpha value is -3.32. The maximum Gasteiger partial charge on any atom is 0.253 e. The van der Waals surface area contributed by atoms with E-state index in [-0.39, 0.29) is 22.5 Å². The van der Waals surface area contributed by atoms with Gasteiger partial charge in [0.1, 0.15) is 10.5 Å². The summed E-state index contributed by atoms with van der Waals surface area (Å²) in [6, 6.07) is 18.3. The van der Waals surface area contributed by atoms with E-state index in [2.05, 4.69) is 10.3 Å². The van der Waals surface area contributed by atoms with Gasteiger partial charge in [-0.05, 0) is 24.3 Å². The Balaban J connectivity index is 1.99. The first-order valence-corrected chi connectivity index (χ1v) is 8.28. The molecule has 130 valence electrons. The highest BCUT2D eigenvalue weighted by molar-refractivity contribution is 7.71. The number of carbonyl (C=O) groups is 2. The third-order valence-corrected chi connectivity index (χ3v) is 4.09. The zero-order valence-electron chi connectivity index (χ0n) is 13.8. The van der Waals surface area contributed by atoms with Gasteiger partial charge in [-0.2, -0.15) is 0 Å². The first-order valence-electron chi connectivity index (χ1n) is 7.87. The number of primary amides is 1. The lowest BCUT2D eigenvalue weighted by Crippen LogP contribution is -2.22. The maximum atomic E-state index is 12.4. The fraction of sp³-hybridized carbons (Fsp3) is 0.0526. The molecular formula is C19H16N4O2S. The molecule has 1 heterocycles. The molecule has 6 nitrogen and oxygen atoms in total. The predicted octanol–water partition coefficient (Wildman–Crippen LogP) is 2.88. The van der Waals surface area contributed by atoms with Gasteiger partial charge in [0.05, 0.1) is 12.0 Å². The molecule has 0 spiro atoms. The second-order valence-corrected chi connectivity index (χ2v) is 5.91. The quantitative estimate of drug-likeness (QED) is 0.681. The summed E-state index contributed by atoms with van der Waals surface area (Å²) in [4.78, 5) is 28.3. The van der Waals surface area contributed by atoms with Gasteiger partial charge in [0.2, 0.25) is 5.91 Å². The molecule has 3 N–H and O–H groups in total. The highest BCUT2D eigenvalue weighted by Crippen LogP contribution is 2.15. The highest BCUT2D eigenvalue weighted by atomic mass is 32.1. The predicted molar refractivity (Wildman–Crippen MR) is 102 cm³/mol. The molecule has 0 fully saturated rings. The highest BCUT2D eigenvalue weighted by Gasteiger charge is 2.15. The minimum Gasteiger partial charge on any atom is -0.365 e. The number of aromatic nitrogens is 2. The zero-order valence-corrected chi connectivity index (χ0v) is 14.6. The topological polar surface area (TPSA) is 90.0 Å². The van der Waals surface area contributed by atoms with E-state index in [1.807, 2.05) is 48.5 Å². The van der Waals surface area contributed by atoms with Crippen molar-refractivity contribution in [3.05, 3.63) is 82.9 Å². The van der Waals surface area contributed by atoms with Crippen molar-refractivity contribution in [3.63, 3.8) is 0 Å². The molecule has 0 bridgehead atoms. The van der Waals surface area contributed by atoms with Crippen LogP contribution in [0.25, 0.3) is 5.69 Å². The normalized spacial score (nSPS) is 10.3. The van der Waals surface area contributed by atoms with Crippen LogP contribution in [0.4, 0.5) is 5.69 Å². The SMILES string of the molecule is NC(=O)c1cnc(CC(=O)Nc2ccccc2)n(-c2ccccc2)c1=S. The van der Waals surface area contributed by atoms with E-state index >= 15 is 0 Å². The summed E-state index contributed by atoms with van der Waals surface area (Å²) in [6.07, 6.45) is 1.31. The summed E-state index contributed by atoms with van der Waals surface area (Å²) in [5, 5.41) is 2.81. The molecule has 26 heavy (non-hydrogen) atoms. The van der Waals surface area contributed by atoms with Crippen molar-refractivity contribution < 1.29 is 9.59 Å². The largest absolute Gasteiger partial charge is 0.365 e. The van der Waals surface area contributed by atoms with Gasteiger partial charge in [-0.15, -0.1) is 0 Å². The summed E-state index contributed by atoms with van der Waals surface area (Å²) in [7, 11) is 0. The van der Waals surface area contributed by atoms with Crippen molar-refractivity contribution in [2.24, 2.45) is 5.73 Å². The first kappa shape index (κ1) is 17.5. The van der Waals surface area contributed by atoms with Gasteiger partial charge in [0.25, 0.3) is 5.91 Å². The van der Waals surface area contributed by atoms with Gasteiger partial charge < -0.3 is 11.1 Å². The van der Waals surface area contributed by atoms with Crippen molar-refractivity contribution in [2.45, 2.75) is 6.42 Å². The minimum atomic E-state index is -0.660. The number of rotatable bonds is 5. The number of benzene rings is 2. The Morgan fingerprint density at radius 3 is 2.27 bits per heavy atom. The molecule has 0 atom stereocenters. The summed E-state index contributed by atoms with van der Waals surface area (Å²) in [5.41, 5.74) is 6.91. The molecule has 0 unspecified atom stereocenters. The van der Waals surface area contributed by atoms with Gasteiger partial charge in [0, 0.05) is 17.6 Å². The minimum absolute atomic E-state index is 0.00747. The average Bonchev–Trinajstić information content (AvgIpc) is 2.63. The van der Waals surface area contributed by atoms with Crippen molar-refractivity contribution in [2.75, 3.05) is 5.32 Å². The van der Waals surface area contributed by atoms with E-state index in [4.69, 9.17) is 18.0 Å². The Bertz CT molecular complexity index is 1000. The molecular weight excluding hydrogens is 348 g/mol. The van der Waals surface area contributed by atoms with Crippen LogP contribution in [0.2, 0.25) is 0 Å². The number of nitrogens with two attached hydrogens (primary N) is 1. The van der Waals surface area contributed by atoms with Crippen molar-refractivity contribution in [1.82, 2.24) is 9.55 Å². The van der Waals surface area contributed by atoms with Gasteiger partial charge >= 0.3 is 0 Å². The summed E-state index contributed by atoms with van der Waals surface area (Å²) in [6.45, 7) is 0. The van der Waals surface area contributed by atoms with Crippen LogP contribution in [0.3, 0.4) is 0 Å². The standard InChI is InChI=1S/C19H16N4O2S/c20-18(25)15-12-21-16(11-17(24)22-13-7-3-1-4-8-13)23(19(15)26)14-9-5-2-6-10-14/h1-10,12H,11H2,(H2,20,25)(H,22,24). The van der Waals surface area contributed by atoms with Crippen LogP contribution in [-0.2, 0) is 11.2 Å². The summed E-state index contributed by atoms with van der Waals surface area (Å²) in [5.74, 6) is -0.485. The van der Waals surface area contributed by atoms with E-state index in [0.717, 1.165) is 0 Å². The molecule has 2 amide bonds. The third-order valence-electron chi connectivity index (χ3n) is 3.69. The number of carbonyl (C=O) groups excluding carboxylic acids is 2. The Morgan fingerprint density at radius 1 is 1.04 bits per heavy atom. The Morgan fingerprint density at radius 2 is 1.65 bits per heavy atom. The summed E-state index contributed by atoms with van der Waals surface area (Å²) < 4.78 is 1.82. The molecule has 0 saturated heterocycles. The van der Waals surface area contributed by atoms with Gasteiger partial charge in [-0.1, -0.05) is 48.6 Å². The third kappa shape index (κ3) is 3.84. The molecule has 3 aromatic rings. The van der Waals surface area contributed by atoms with Crippen LogP contribution < -0.4 is 11.1 Å². The van der Waals surface area contributed by atoms with Gasteiger partial charge in [-0.25, -0.2) is 4.98 Å². The fourth-order valence-corrected chi connectivity index (χ4v) is 2.86. The molecule has 2 aromatic carbocycles. The van der Waals surface area contributed by atoms with Crippen molar-refractivity contribution in [3.8, 4) is 5.69 Å². The second kappa shape index (κ2) is 7.71. The zero-order chi connectivity index (χ0) is 18.5. The Labute approximate surface area is 155 Å².